The van der Waals surface area contributed by atoms with Crippen molar-refractivity contribution in [3.05, 3.63) is 28.2 Å². The van der Waals surface area contributed by atoms with Gasteiger partial charge in [-0.2, -0.15) is 0 Å². The van der Waals surface area contributed by atoms with E-state index in [9.17, 15) is 13.6 Å². The molecule has 1 aromatic carbocycles. The summed E-state index contributed by atoms with van der Waals surface area (Å²) in [6.45, 7) is -0.129. The highest BCUT2D eigenvalue weighted by Crippen LogP contribution is 2.24. The normalized spacial score (nSPS) is 10.1. The Morgan fingerprint density at radius 3 is 2.40 bits per heavy atom. The fourth-order valence-corrected chi connectivity index (χ4v) is 1.10. The fourth-order valence-electron chi connectivity index (χ4n) is 0.872. The third-order valence-corrected chi connectivity index (χ3v) is 2.30. The van der Waals surface area contributed by atoms with Crippen molar-refractivity contribution in [3.63, 3.8) is 0 Å². The number of aliphatic carboxylic acids is 1. The lowest BCUT2D eigenvalue weighted by Crippen LogP contribution is -2.05. The summed E-state index contributed by atoms with van der Waals surface area (Å²) in [5.74, 6) is -2.65. The van der Waals surface area contributed by atoms with Crippen LogP contribution >= 0.6 is 15.9 Å². The van der Waals surface area contributed by atoms with Crippen LogP contribution in [0.25, 0.3) is 0 Å². The van der Waals surface area contributed by atoms with Crippen molar-refractivity contribution >= 4 is 21.9 Å². The molecule has 0 spiro atoms. The lowest BCUT2D eigenvalue weighted by molar-refractivity contribution is -0.137. The van der Waals surface area contributed by atoms with Gasteiger partial charge >= 0.3 is 5.97 Å². The predicted molar refractivity (Wildman–Crippen MR) is 51.8 cm³/mol. The van der Waals surface area contributed by atoms with E-state index in [-0.39, 0.29) is 23.2 Å². The Morgan fingerprint density at radius 2 is 1.93 bits per heavy atom. The van der Waals surface area contributed by atoms with Gasteiger partial charge in [0.05, 0.1) is 17.5 Å². The summed E-state index contributed by atoms with van der Waals surface area (Å²) in [6, 6.07) is 1.96. The Balaban J connectivity index is 2.66. The van der Waals surface area contributed by atoms with E-state index in [1.54, 1.807) is 0 Å². The van der Waals surface area contributed by atoms with Gasteiger partial charge in [-0.25, -0.2) is 8.78 Å². The summed E-state index contributed by atoms with van der Waals surface area (Å²) in [5, 5.41) is 8.31. The molecule has 1 rings (SSSR count). The molecule has 0 aliphatic rings. The van der Waals surface area contributed by atoms with E-state index < -0.39 is 17.6 Å². The van der Waals surface area contributed by atoms with Crippen LogP contribution in [0.2, 0.25) is 0 Å². The summed E-state index contributed by atoms with van der Waals surface area (Å²) in [7, 11) is 0. The first-order chi connectivity index (χ1) is 7.00. The van der Waals surface area contributed by atoms with Crippen LogP contribution in [0.15, 0.2) is 16.6 Å². The van der Waals surface area contributed by atoms with Crippen molar-refractivity contribution in [1.82, 2.24) is 0 Å². The maximum absolute atomic E-state index is 12.9. The first-order valence-corrected chi connectivity index (χ1v) is 4.79. The Kier molecular flexibility index (Phi) is 4.02. The van der Waals surface area contributed by atoms with E-state index >= 15 is 0 Å². The molecule has 0 bridgehead atoms. The summed E-state index contributed by atoms with van der Waals surface area (Å²) >= 11 is 2.70. The van der Waals surface area contributed by atoms with Crippen LogP contribution in [-0.2, 0) is 4.79 Å². The monoisotopic (exact) mass is 280 g/mol. The molecule has 0 saturated carbocycles. The Hall–Kier alpha value is -1.17. The van der Waals surface area contributed by atoms with Gasteiger partial charge in [-0.15, -0.1) is 0 Å². The number of carbonyl (C=O) groups is 1. The molecule has 15 heavy (non-hydrogen) atoms. The number of carboxylic acids is 1. The van der Waals surface area contributed by atoms with Crippen LogP contribution in [0.5, 0.6) is 5.75 Å². The maximum Gasteiger partial charge on any atom is 0.306 e. The average molecular weight is 281 g/mol. The van der Waals surface area contributed by atoms with E-state index in [2.05, 4.69) is 15.9 Å². The zero-order valence-corrected chi connectivity index (χ0v) is 9.05. The Morgan fingerprint density at radius 1 is 1.40 bits per heavy atom. The number of ether oxygens (including phenoxy) is 1. The van der Waals surface area contributed by atoms with E-state index in [1.807, 2.05) is 0 Å². The van der Waals surface area contributed by atoms with E-state index in [1.165, 1.54) is 0 Å². The minimum Gasteiger partial charge on any atom is -0.493 e. The maximum atomic E-state index is 12.9. The average Bonchev–Trinajstić information content (AvgIpc) is 2.13. The summed E-state index contributed by atoms with van der Waals surface area (Å²) in [4.78, 5) is 10.1. The first-order valence-electron chi connectivity index (χ1n) is 4.00. The third-order valence-electron chi connectivity index (χ3n) is 1.54. The van der Waals surface area contributed by atoms with Crippen LogP contribution < -0.4 is 4.74 Å². The molecule has 0 aromatic heterocycles. The first kappa shape index (κ1) is 11.9. The van der Waals surface area contributed by atoms with E-state index in [0.717, 1.165) is 12.1 Å². The highest BCUT2D eigenvalue weighted by atomic mass is 79.9. The number of halogens is 3. The molecule has 0 radical (unpaired) electrons. The predicted octanol–water partition coefficient (Wildman–Crippen LogP) is 2.58. The van der Waals surface area contributed by atoms with Gasteiger partial charge < -0.3 is 9.84 Å². The van der Waals surface area contributed by atoms with Crippen LogP contribution in [0.4, 0.5) is 8.78 Å². The molecule has 0 unspecified atom stereocenters. The number of hydrogen-bond acceptors (Lipinski definition) is 2. The van der Waals surface area contributed by atoms with Gasteiger partial charge in [0, 0.05) is 12.1 Å². The van der Waals surface area contributed by atoms with Crippen LogP contribution in [0.3, 0.4) is 0 Å². The van der Waals surface area contributed by atoms with E-state index in [0.29, 0.717) is 0 Å². The third kappa shape index (κ3) is 3.47. The molecular formula is C9H7BrF2O3. The van der Waals surface area contributed by atoms with Gasteiger partial charge in [-0.3, -0.25) is 4.79 Å². The van der Waals surface area contributed by atoms with Gasteiger partial charge in [-0.1, -0.05) is 0 Å². The summed E-state index contributed by atoms with van der Waals surface area (Å²) in [6.07, 6.45) is -0.223. The molecule has 0 atom stereocenters. The van der Waals surface area contributed by atoms with Gasteiger partial charge in [0.15, 0.2) is 0 Å². The van der Waals surface area contributed by atoms with Crippen molar-refractivity contribution in [3.8, 4) is 5.75 Å². The fraction of sp³-hybridized carbons (Fsp3) is 0.222. The molecule has 1 aromatic rings. The lowest BCUT2D eigenvalue weighted by Gasteiger charge is -2.05. The lowest BCUT2D eigenvalue weighted by atomic mass is 10.3. The second-order valence-corrected chi connectivity index (χ2v) is 3.49. The van der Waals surface area contributed by atoms with Crippen LogP contribution in [-0.4, -0.2) is 17.7 Å². The largest absolute Gasteiger partial charge is 0.493 e. The van der Waals surface area contributed by atoms with Gasteiger partial charge in [0.2, 0.25) is 0 Å². The van der Waals surface area contributed by atoms with Crippen molar-refractivity contribution in [1.29, 1.82) is 0 Å². The summed E-state index contributed by atoms with van der Waals surface area (Å²) < 4.78 is 30.5. The molecule has 0 fully saturated rings. The van der Waals surface area contributed by atoms with Gasteiger partial charge in [0.25, 0.3) is 0 Å². The SMILES string of the molecule is O=C(O)CCOc1cc(F)c(Br)c(F)c1. The van der Waals surface area contributed by atoms with Crippen molar-refractivity contribution in [2.45, 2.75) is 6.42 Å². The number of benzene rings is 1. The standard InChI is InChI=1S/C9H7BrF2O3/c10-9-6(11)3-5(4-7(9)12)15-2-1-8(13)14/h3-4H,1-2H2,(H,13,14). The molecule has 0 aliphatic heterocycles. The minimum atomic E-state index is -1.03. The highest BCUT2D eigenvalue weighted by molar-refractivity contribution is 9.10. The second-order valence-electron chi connectivity index (χ2n) is 2.69. The Bertz CT molecular complexity index is 359. The minimum absolute atomic E-state index is 0.0329. The zero-order chi connectivity index (χ0) is 11.4. The quantitative estimate of drug-likeness (QED) is 0.863. The van der Waals surface area contributed by atoms with E-state index in [4.69, 9.17) is 9.84 Å². The smallest absolute Gasteiger partial charge is 0.306 e. The second kappa shape index (κ2) is 5.06. The molecule has 0 saturated heterocycles. The van der Waals surface area contributed by atoms with Gasteiger partial charge in [-0.05, 0) is 15.9 Å². The molecule has 1 N–H and O–H groups in total. The molecule has 3 nitrogen and oxygen atoms in total. The van der Waals surface area contributed by atoms with Crippen molar-refractivity contribution in [2.75, 3.05) is 6.61 Å². The van der Waals surface area contributed by atoms with Crippen molar-refractivity contribution in [2.24, 2.45) is 0 Å². The van der Waals surface area contributed by atoms with Crippen LogP contribution in [0.1, 0.15) is 6.42 Å². The number of rotatable bonds is 4. The van der Waals surface area contributed by atoms with Crippen molar-refractivity contribution < 1.29 is 23.4 Å². The van der Waals surface area contributed by atoms with Gasteiger partial charge in [0.1, 0.15) is 17.4 Å². The topological polar surface area (TPSA) is 46.5 Å². The molecular weight excluding hydrogens is 274 g/mol. The molecule has 6 heteroatoms. The molecule has 0 aliphatic carbocycles. The zero-order valence-electron chi connectivity index (χ0n) is 7.47. The highest BCUT2D eigenvalue weighted by Gasteiger charge is 2.09. The molecule has 0 amide bonds. The summed E-state index contributed by atoms with van der Waals surface area (Å²) in [5.41, 5.74) is 0. The Labute approximate surface area is 92.8 Å². The molecule has 0 heterocycles. The van der Waals surface area contributed by atoms with Crippen LogP contribution in [0, 0.1) is 11.6 Å². The number of hydrogen-bond donors (Lipinski definition) is 1. The molecule has 82 valence electrons. The number of carboxylic acid groups (broad SMARTS) is 1.